The van der Waals surface area contributed by atoms with E-state index in [4.69, 9.17) is 10.5 Å². The van der Waals surface area contributed by atoms with Gasteiger partial charge in [0, 0.05) is 36.7 Å². The second-order valence-electron chi connectivity index (χ2n) is 5.66. The van der Waals surface area contributed by atoms with Gasteiger partial charge in [0.1, 0.15) is 0 Å². The van der Waals surface area contributed by atoms with Crippen molar-refractivity contribution in [2.24, 2.45) is 0 Å². The summed E-state index contributed by atoms with van der Waals surface area (Å²) in [5, 5.41) is 3.48. The van der Waals surface area contributed by atoms with Crippen LogP contribution >= 0.6 is 0 Å². The molecule has 0 spiro atoms. The third-order valence-corrected chi connectivity index (χ3v) is 4.04. The van der Waals surface area contributed by atoms with E-state index in [-0.39, 0.29) is 0 Å². The van der Waals surface area contributed by atoms with Gasteiger partial charge in [0.2, 0.25) is 0 Å². The van der Waals surface area contributed by atoms with Crippen LogP contribution in [0.4, 0.5) is 17.1 Å². The molecular formula is C18H23N3O. The maximum atomic E-state index is 5.73. The maximum Gasteiger partial charge on any atom is 0.0642 e. The molecule has 0 saturated carbocycles. The molecule has 0 radical (unpaired) electrons. The lowest BCUT2D eigenvalue weighted by Gasteiger charge is -2.32. The Morgan fingerprint density at radius 1 is 1.09 bits per heavy atom. The Labute approximate surface area is 131 Å². The number of ether oxygens (including phenoxy) is 1. The lowest BCUT2D eigenvalue weighted by molar-refractivity contribution is 0.122. The second-order valence-corrected chi connectivity index (χ2v) is 5.66. The Balaban J connectivity index is 1.77. The Bertz CT molecular complexity index is 619. The molecule has 0 bridgehead atoms. The predicted octanol–water partition coefficient (Wildman–Crippen LogP) is 3.03. The molecule has 0 amide bonds. The van der Waals surface area contributed by atoms with Crippen LogP contribution in [0.5, 0.6) is 0 Å². The zero-order valence-corrected chi connectivity index (χ0v) is 13.0. The first kappa shape index (κ1) is 14.7. The average molecular weight is 297 g/mol. The highest BCUT2D eigenvalue weighted by molar-refractivity contribution is 5.61. The number of aryl methyl sites for hydroxylation is 1. The molecule has 4 heteroatoms. The molecule has 1 heterocycles. The van der Waals surface area contributed by atoms with E-state index in [1.165, 1.54) is 16.8 Å². The molecule has 1 aliphatic rings. The number of nitrogens with zero attached hydrogens (tertiary/aromatic N) is 1. The van der Waals surface area contributed by atoms with Gasteiger partial charge in [-0.05, 0) is 42.3 Å². The summed E-state index contributed by atoms with van der Waals surface area (Å²) in [7, 11) is 0. The normalized spacial score (nSPS) is 14.9. The highest BCUT2D eigenvalue weighted by atomic mass is 16.5. The van der Waals surface area contributed by atoms with Gasteiger partial charge >= 0.3 is 0 Å². The van der Waals surface area contributed by atoms with E-state index in [0.717, 1.165) is 44.2 Å². The van der Waals surface area contributed by atoms with E-state index < -0.39 is 0 Å². The number of hydrogen-bond donors (Lipinski definition) is 2. The summed E-state index contributed by atoms with van der Waals surface area (Å²) < 4.78 is 5.47. The molecule has 4 nitrogen and oxygen atoms in total. The molecule has 22 heavy (non-hydrogen) atoms. The van der Waals surface area contributed by atoms with Crippen LogP contribution in [-0.2, 0) is 11.3 Å². The fourth-order valence-corrected chi connectivity index (χ4v) is 2.90. The third kappa shape index (κ3) is 3.34. The molecule has 0 aliphatic carbocycles. The van der Waals surface area contributed by atoms with Crippen molar-refractivity contribution in [1.82, 2.24) is 0 Å². The summed E-state index contributed by atoms with van der Waals surface area (Å²) in [5.74, 6) is 0. The van der Waals surface area contributed by atoms with Crippen LogP contribution in [0.25, 0.3) is 0 Å². The van der Waals surface area contributed by atoms with Gasteiger partial charge in [0.05, 0.1) is 13.2 Å². The van der Waals surface area contributed by atoms with Gasteiger partial charge in [-0.1, -0.05) is 18.2 Å². The summed E-state index contributed by atoms with van der Waals surface area (Å²) in [6.45, 7) is 6.51. The molecular weight excluding hydrogens is 274 g/mol. The van der Waals surface area contributed by atoms with Crippen LogP contribution in [0.2, 0.25) is 0 Å². The molecule has 2 aromatic carbocycles. The smallest absolute Gasteiger partial charge is 0.0642 e. The molecule has 0 atom stereocenters. The van der Waals surface area contributed by atoms with Crippen molar-refractivity contribution in [3.8, 4) is 0 Å². The van der Waals surface area contributed by atoms with Gasteiger partial charge in [-0.15, -0.1) is 0 Å². The third-order valence-electron chi connectivity index (χ3n) is 4.04. The molecule has 0 aromatic heterocycles. The van der Waals surface area contributed by atoms with Crippen molar-refractivity contribution < 1.29 is 4.74 Å². The highest BCUT2D eigenvalue weighted by Crippen LogP contribution is 2.27. The number of hydrogen-bond acceptors (Lipinski definition) is 4. The summed E-state index contributed by atoms with van der Waals surface area (Å²) in [4.78, 5) is 2.43. The van der Waals surface area contributed by atoms with Gasteiger partial charge in [0.15, 0.2) is 0 Å². The number of benzene rings is 2. The number of anilines is 3. The number of nitrogen functional groups attached to an aromatic ring is 1. The fraction of sp³-hybridized carbons (Fsp3) is 0.333. The first-order chi connectivity index (χ1) is 10.7. The minimum absolute atomic E-state index is 0.787. The molecule has 3 rings (SSSR count). The van der Waals surface area contributed by atoms with E-state index >= 15 is 0 Å². The Morgan fingerprint density at radius 2 is 1.82 bits per heavy atom. The van der Waals surface area contributed by atoms with Crippen molar-refractivity contribution in [2.45, 2.75) is 13.5 Å². The van der Waals surface area contributed by atoms with Crippen molar-refractivity contribution >= 4 is 17.1 Å². The van der Waals surface area contributed by atoms with E-state index in [1.54, 1.807) is 0 Å². The molecule has 0 unspecified atom stereocenters. The average Bonchev–Trinajstić information content (AvgIpc) is 2.55. The summed E-state index contributed by atoms with van der Waals surface area (Å²) >= 11 is 0. The molecule has 1 fully saturated rings. The fourth-order valence-electron chi connectivity index (χ4n) is 2.90. The monoisotopic (exact) mass is 297 g/mol. The summed E-state index contributed by atoms with van der Waals surface area (Å²) in [5.41, 5.74) is 11.6. The van der Waals surface area contributed by atoms with Crippen molar-refractivity contribution in [3.05, 3.63) is 53.6 Å². The Kier molecular flexibility index (Phi) is 4.49. The predicted molar refractivity (Wildman–Crippen MR) is 92.4 cm³/mol. The van der Waals surface area contributed by atoms with Crippen molar-refractivity contribution in [2.75, 3.05) is 42.3 Å². The highest BCUT2D eigenvalue weighted by Gasteiger charge is 2.16. The lowest BCUT2D eigenvalue weighted by atomic mass is 10.1. The molecule has 116 valence electrons. The zero-order chi connectivity index (χ0) is 15.4. The Morgan fingerprint density at radius 3 is 2.55 bits per heavy atom. The molecule has 2 aromatic rings. The van der Waals surface area contributed by atoms with Crippen LogP contribution in [0.1, 0.15) is 11.1 Å². The van der Waals surface area contributed by atoms with E-state index in [0.29, 0.717) is 0 Å². The van der Waals surface area contributed by atoms with E-state index in [2.05, 4.69) is 35.3 Å². The minimum Gasteiger partial charge on any atom is -0.399 e. The van der Waals surface area contributed by atoms with Gasteiger partial charge in [-0.3, -0.25) is 0 Å². The number of nitrogens with one attached hydrogen (secondary N) is 1. The van der Waals surface area contributed by atoms with Crippen LogP contribution < -0.4 is 16.0 Å². The van der Waals surface area contributed by atoms with Gasteiger partial charge in [-0.2, -0.15) is 0 Å². The van der Waals surface area contributed by atoms with Crippen LogP contribution in [0, 0.1) is 6.92 Å². The van der Waals surface area contributed by atoms with Gasteiger partial charge < -0.3 is 20.7 Å². The molecule has 3 N–H and O–H groups in total. The number of morpholine rings is 1. The zero-order valence-electron chi connectivity index (χ0n) is 13.0. The summed E-state index contributed by atoms with van der Waals surface area (Å²) in [6.07, 6.45) is 0. The largest absolute Gasteiger partial charge is 0.399 e. The number of para-hydroxylation sites is 1. The standard InChI is InChI=1S/C18H23N3O/c1-14-3-2-4-15(18(14)21-9-11-22-12-10-21)13-20-17-7-5-16(19)6-8-17/h2-8,20H,9-13,19H2,1H3. The SMILES string of the molecule is Cc1cccc(CNc2ccc(N)cc2)c1N1CCOCC1. The van der Waals surface area contributed by atoms with E-state index in [1.807, 2.05) is 24.3 Å². The minimum atomic E-state index is 0.787. The number of rotatable bonds is 4. The number of nitrogens with two attached hydrogens (primary N) is 1. The maximum absolute atomic E-state index is 5.73. The summed E-state index contributed by atoms with van der Waals surface area (Å²) in [6, 6.07) is 14.4. The Hall–Kier alpha value is -2.20. The van der Waals surface area contributed by atoms with Gasteiger partial charge in [-0.25, -0.2) is 0 Å². The first-order valence-electron chi connectivity index (χ1n) is 7.74. The second kappa shape index (κ2) is 6.71. The lowest BCUT2D eigenvalue weighted by Crippen LogP contribution is -2.37. The van der Waals surface area contributed by atoms with Crippen LogP contribution in [0.15, 0.2) is 42.5 Å². The first-order valence-corrected chi connectivity index (χ1v) is 7.74. The van der Waals surface area contributed by atoms with Crippen molar-refractivity contribution in [3.63, 3.8) is 0 Å². The topological polar surface area (TPSA) is 50.5 Å². The van der Waals surface area contributed by atoms with Crippen LogP contribution in [-0.4, -0.2) is 26.3 Å². The molecule has 1 aliphatic heterocycles. The molecule has 1 saturated heterocycles. The van der Waals surface area contributed by atoms with Crippen LogP contribution in [0.3, 0.4) is 0 Å². The van der Waals surface area contributed by atoms with Crippen molar-refractivity contribution in [1.29, 1.82) is 0 Å². The van der Waals surface area contributed by atoms with E-state index in [9.17, 15) is 0 Å². The van der Waals surface area contributed by atoms with Gasteiger partial charge in [0.25, 0.3) is 0 Å². The quantitative estimate of drug-likeness (QED) is 0.852.